The van der Waals surface area contributed by atoms with Crippen molar-refractivity contribution in [2.45, 2.75) is 4.90 Å². The van der Waals surface area contributed by atoms with Crippen LogP contribution < -0.4 is 20.3 Å². The molecule has 10 nitrogen and oxygen atoms in total. The molecule has 5 rings (SSSR count). The number of carbonyl (C=O) groups is 2. The number of carbonyl (C=O) groups excluding carboxylic acids is 2. The van der Waals surface area contributed by atoms with Crippen molar-refractivity contribution in [3.05, 3.63) is 42.2 Å². The van der Waals surface area contributed by atoms with Crippen LogP contribution in [0.5, 0.6) is 5.88 Å². The molecule has 0 aliphatic carbocycles. The molecule has 5 heterocycles. The fourth-order valence-corrected chi connectivity index (χ4v) is 4.84. The van der Waals surface area contributed by atoms with Gasteiger partial charge in [0.05, 0.1) is 29.0 Å². The fraction of sp³-hybridized carbons (Fsp3) is 0.348. The van der Waals surface area contributed by atoms with E-state index >= 15 is 0 Å². The van der Waals surface area contributed by atoms with Crippen LogP contribution in [0.3, 0.4) is 0 Å². The summed E-state index contributed by atoms with van der Waals surface area (Å²) in [5.41, 5.74) is 3.05. The van der Waals surface area contributed by atoms with Gasteiger partial charge in [0.1, 0.15) is 17.0 Å². The Hall–Kier alpha value is -3.44. The van der Waals surface area contributed by atoms with E-state index in [4.69, 9.17) is 4.74 Å². The topological polar surface area (TPSA) is 113 Å². The minimum Gasteiger partial charge on any atom is -0.481 e. The number of amides is 2. The summed E-state index contributed by atoms with van der Waals surface area (Å²) in [6.07, 6.45) is 1.81. The molecular formula is C23H25N7O3S. The van der Waals surface area contributed by atoms with Crippen LogP contribution in [-0.4, -0.2) is 83.8 Å². The van der Waals surface area contributed by atoms with Crippen molar-refractivity contribution in [2.24, 2.45) is 0 Å². The Balaban J connectivity index is 1.13. The van der Waals surface area contributed by atoms with Crippen molar-refractivity contribution in [1.82, 2.24) is 25.2 Å². The SMILES string of the molecule is COc1ccc2nccc(N3CCN(CCNC(=O)c4ccc5c(n4)NC(=O)CS5)CC3)c2n1. The zero-order valence-electron chi connectivity index (χ0n) is 18.8. The molecule has 176 valence electrons. The second kappa shape index (κ2) is 9.82. The Morgan fingerprint density at radius 1 is 1.15 bits per heavy atom. The van der Waals surface area contributed by atoms with Gasteiger partial charge in [0.2, 0.25) is 11.8 Å². The maximum Gasteiger partial charge on any atom is 0.270 e. The number of pyridine rings is 3. The molecule has 1 fully saturated rings. The minimum absolute atomic E-state index is 0.101. The smallest absolute Gasteiger partial charge is 0.270 e. The Bertz CT molecular complexity index is 1230. The number of aromatic nitrogens is 3. The number of hydrogen-bond acceptors (Lipinski definition) is 9. The number of rotatable bonds is 6. The van der Waals surface area contributed by atoms with Gasteiger partial charge in [-0.25, -0.2) is 9.97 Å². The van der Waals surface area contributed by atoms with Crippen LogP contribution in [0.15, 0.2) is 41.4 Å². The Kier molecular flexibility index (Phi) is 6.45. The third kappa shape index (κ3) is 4.75. The van der Waals surface area contributed by atoms with Gasteiger partial charge in [0.25, 0.3) is 5.91 Å². The van der Waals surface area contributed by atoms with Gasteiger partial charge >= 0.3 is 0 Å². The van der Waals surface area contributed by atoms with Crippen LogP contribution >= 0.6 is 11.8 Å². The molecular weight excluding hydrogens is 454 g/mol. The molecule has 0 bridgehead atoms. The average Bonchev–Trinajstić information content (AvgIpc) is 2.88. The number of nitrogens with zero attached hydrogens (tertiary/aromatic N) is 5. The second-order valence-corrected chi connectivity index (χ2v) is 9.03. The van der Waals surface area contributed by atoms with Gasteiger partial charge in [0, 0.05) is 51.5 Å². The van der Waals surface area contributed by atoms with Crippen molar-refractivity contribution < 1.29 is 14.3 Å². The number of thioether (sulfide) groups is 1. The number of methoxy groups -OCH3 is 1. The van der Waals surface area contributed by atoms with Crippen LogP contribution in [0, 0.1) is 0 Å². The molecule has 0 atom stereocenters. The van der Waals surface area contributed by atoms with Crippen LogP contribution in [0.25, 0.3) is 11.0 Å². The maximum absolute atomic E-state index is 12.5. The molecule has 11 heteroatoms. The first-order valence-electron chi connectivity index (χ1n) is 11.1. The van der Waals surface area contributed by atoms with E-state index in [2.05, 4.69) is 35.4 Å². The zero-order chi connectivity index (χ0) is 23.5. The van der Waals surface area contributed by atoms with Crippen LogP contribution in [0.4, 0.5) is 11.5 Å². The average molecular weight is 480 g/mol. The summed E-state index contributed by atoms with van der Waals surface area (Å²) in [7, 11) is 1.61. The lowest BCUT2D eigenvalue weighted by molar-refractivity contribution is -0.113. The van der Waals surface area contributed by atoms with Gasteiger partial charge in [-0.3, -0.25) is 19.5 Å². The van der Waals surface area contributed by atoms with Gasteiger partial charge in [0.15, 0.2) is 0 Å². The predicted octanol–water partition coefficient (Wildman–Crippen LogP) is 1.63. The fourth-order valence-electron chi connectivity index (χ4n) is 4.08. The first-order chi connectivity index (χ1) is 16.6. The van der Waals surface area contributed by atoms with Crippen LogP contribution in [0.2, 0.25) is 0 Å². The lowest BCUT2D eigenvalue weighted by Gasteiger charge is -2.36. The molecule has 0 aromatic carbocycles. The summed E-state index contributed by atoms with van der Waals surface area (Å²) < 4.78 is 5.29. The van der Waals surface area contributed by atoms with E-state index in [1.807, 2.05) is 30.5 Å². The van der Waals surface area contributed by atoms with Gasteiger partial charge in [-0.15, -0.1) is 11.8 Å². The highest BCUT2D eigenvalue weighted by Gasteiger charge is 2.21. The summed E-state index contributed by atoms with van der Waals surface area (Å²) in [5, 5.41) is 5.65. The molecule has 3 aromatic heterocycles. The van der Waals surface area contributed by atoms with Crippen molar-refractivity contribution in [3.63, 3.8) is 0 Å². The molecule has 0 radical (unpaired) electrons. The Morgan fingerprint density at radius 2 is 2.00 bits per heavy atom. The lowest BCUT2D eigenvalue weighted by Crippen LogP contribution is -2.48. The number of fused-ring (bicyclic) bond motifs is 2. The molecule has 2 aliphatic rings. The minimum atomic E-state index is -0.241. The monoisotopic (exact) mass is 479 g/mol. The standard InChI is InChI=1S/C23H25N7O3S/c1-33-20-5-3-15-21(28-20)17(6-7-24-15)30-12-10-29(11-13-30)9-8-25-23(32)16-2-4-18-22(26-16)27-19(31)14-34-18/h2-7H,8-14H2,1H3,(H,25,32)(H,26,27,31). The molecule has 34 heavy (non-hydrogen) atoms. The summed E-state index contributed by atoms with van der Waals surface area (Å²) in [6, 6.07) is 9.26. The highest BCUT2D eigenvalue weighted by molar-refractivity contribution is 8.00. The summed E-state index contributed by atoms with van der Waals surface area (Å²) in [5.74, 6) is 1.06. The number of anilines is 2. The predicted molar refractivity (Wildman–Crippen MR) is 131 cm³/mol. The summed E-state index contributed by atoms with van der Waals surface area (Å²) >= 11 is 1.42. The largest absolute Gasteiger partial charge is 0.481 e. The quantitative estimate of drug-likeness (QED) is 0.545. The van der Waals surface area contributed by atoms with Crippen LogP contribution in [-0.2, 0) is 4.79 Å². The normalized spacial score (nSPS) is 16.1. The highest BCUT2D eigenvalue weighted by atomic mass is 32.2. The first-order valence-corrected chi connectivity index (χ1v) is 12.1. The zero-order valence-corrected chi connectivity index (χ0v) is 19.6. The van der Waals surface area contributed by atoms with E-state index in [9.17, 15) is 9.59 Å². The van der Waals surface area contributed by atoms with Crippen molar-refractivity contribution >= 4 is 46.1 Å². The molecule has 2 amide bonds. The third-order valence-electron chi connectivity index (χ3n) is 5.88. The molecule has 2 aliphatic heterocycles. The van der Waals surface area contributed by atoms with Gasteiger partial charge in [-0.1, -0.05) is 0 Å². The Labute approximate surface area is 201 Å². The highest BCUT2D eigenvalue weighted by Crippen LogP contribution is 2.29. The van der Waals surface area contributed by atoms with Crippen LogP contribution in [0.1, 0.15) is 10.5 Å². The third-order valence-corrected chi connectivity index (χ3v) is 6.93. The van der Waals surface area contributed by atoms with E-state index in [0.29, 0.717) is 29.7 Å². The second-order valence-electron chi connectivity index (χ2n) is 8.02. The van der Waals surface area contributed by atoms with E-state index in [1.54, 1.807) is 13.2 Å². The van der Waals surface area contributed by atoms with Crippen molar-refractivity contribution in [2.75, 3.05) is 62.3 Å². The lowest BCUT2D eigenvalue weighted by atomic mass is 10.2. The van der Waals surface area contributed by atoms with E-state index in [0.717, 1.165) is 54.3 Å². The summed E-state index contributed by atoms with van der Waals surface area (Å²) in [4.78, 5) is 42.9. The number of hydrogen-bond donors (Lipinski definition) is 2. The van der Waals surface area contributed by atoms with Gasteiger partial charge < -0.3 is 20.3 Å². The molecule has 2 N–H and O–H groups in total. The van der Waals surface area contributed by atoms with E-state index < -0.39 is 0 Å². The molecule has 0 unspecified atom stereocenters. The molecule has 0 spiro atoms. The Morgan fingerprint density at radius 3 is 2.82 bits per heavy atom. The van der Waals surface area contributed by atoms with E-state index in [-0.39, 0.29) is 11.8 Å². The molecule has 1 saturated heterocycles. The van der Waals surface area contributed by atoms with Gasteiger partial charge in [-0.2, -0.15) is 0 Å². The summed E-state index contributed by atoms with van der Waals surface area (Å²) in [6.45, 7) is 4.75. The van der Waals surface area contributed by atoms with Crippen molar-refractivity contribution in [3.8, 4) is 5.88 Å². The van der Waals surface area contributed by atoms with Crippen molar-refractivity contribution in [1.29, 1.82) is 0 Å². The number of ether oxygens (including phenoxy) is 1. The van der Waals surface area contributed by atoms with Gasteiger partial charge in [-0.05, 0) is 24.3 Å². The maximum atomic E-state index is 12.5. The molecule has 0 saturated carbocycles. The number of piperazine rings is 1. The van der Waals surface area contributed by atoms with E-state index in [1.165, 1.54) is 11.8 Å². The first kappa shape index (κ1) is 22.4. The molecule has 3 aromatic rings. The number of nitrogens with one attached hydrogen (secondary N) is 2.